The van der Waals surface area contributed by atoms with Crippen molar-refractivity contribution in [2.24, 2.45) is 0 Å². The van der Waals surface area contributed by atoms with E-state index in [9.17, 15) is 0 Å². The SMILES string of the molecule is COc1ccc2c(c1)N(CCc1ccncc1)CCO2. The first-order valence-electron chi connectivity index (χ1n) is 6.81. The van der Waals surface area contributed by atoms with Gasteiger partial charge in [0.1, 0.15) is 18.1 Å². The second-order valence-corrected chi connectivity index (χ2v) is 4.77. The fraction of sp³-hybridized carbons (Fsp3) is 0.312. The Morgan fingerprint density at radius 2 is 2.10 bits per heavy atom. The number of ether oxygens (including phenoxy) is 2. The number of hydrogen-bond acceptors (Lipinski definition) is 4. The van der Waals surface area contributed by atoms with Crippen molar-refractivity contribution in [3.63, 3.8) is 0 Å². The maximum Gasteiger partial charge on any atom is 0.142 e. The van der Waals surface area contributed by atoms with Gasteiger partial charge in [-0.1, -0.05) is 0 Å². The lowest BCUT2D eigenvalue weighted by atomic mass is 10.1. The molecule has 0 radical (unpaired) electrons. The van der Waals surface area contributed by atoms with Crippen LogP contribution in [0.5, 0.6) is 11.5 Å². The van der Waals surface area contributed by atoms with Crippen molar-refractivity contribution in [3.05, 3.63) is 48.3 Å². The molecule has 0 atom stereocenters. The molecule has 0 spiro atoms. The maximum absolute atomic E-state index is 5.70. The van der Waals surface area contributed by atoms with E-state index in [1.807, 2.05) is 30.6 Å². The van der Waals surface area contributed by atoms with Gasteiger partial charge in [-0.15, -0.1) is 0 Å². The molecule has 3 rings (SSSR count). The van der Waals surface area contributed by atoms with Crippen LogP contribution in [0.1, 0.15) is 5.56 Å². The molecular weight excluding hydrogens is 252 g/mol. The molecule has 104 valence electrons. The predicted octanol–water partition coefficient (Wildman–Crippen LogP) is 2.53. The van der Waals surface area contributed by atoms with Gasteiger partial charge in [0.15, 0.2) is 0 Å². The van der Waals surface area contributed by atoms with Crippen molar-refractivity contribution in [2.45, 2.75) is 6.42 Å². The van der Waals surface area contributed by atoms with Gasteiger partial charge in [-0.05, 0) is 36.2 Å². The van der Waals surface area contributed by atoms with Crippen LogP contribution < -0.4 is 14.4 Å². The minimum atomic E-state index is 0.732. The van der Waals surface area contributed by atoms with E-state index in [0.29, 0.717) is 0 Å². The third kappa shape index (κ3) is 2.69. The molecular formula is C16H18N2O2. The number of nitrogens with zero attached hydrogens (tertiary/aromatic N) is 2. The van der Waals surface area contributed by atoms with Crippen LogP contribution in [0.15, 0.2) is 42.7 Å². The Morgan fingerprint density at radius 1 is 1.25 bits per heavy atom. The van der Waals surface area contributed by atoms with Gasteiger partial charge in [0.05, 0.1) is 19.3 Å². The Balaban J connectivity index is 1.75. The lowest BCUT2D eigenvalue weighted by Gasteiger charge is -2.31. The van der Waals surface area contributed by atoms with E-state index >= 15 is 0 Å². The normalized spacial score (nSPS) is 13.6. The quantitative estimate of drug-likeness (QED) is 0.855. The number of pyridine rings is 1. The van der Waals surface area contributed by atoms with E-state index in [1.165, 1.54) is 5.56 Å². The first kappa shape index (κ1) is 12.8. The molecule has 1 aromatic carbocycles. The second kappa shape index (κ2) is 5.82. The number of hydrogen-bond donors (Lipinski definition) is 0. The third-order valence-corrected chi connectivity index (χ3v) is 3.55. The van der Waals surface area contributed by atoms with Crippen LogP contribution in [-0.2, 0) is 6.42 Å². The molecule has 0 N–H and O–H groups in total. The highest BCUT2D eigenvalue weighted by atomic mass is 16.5. The summed E-state index contributed by atoms with van der Waals surface area (Å²) >= 11 is 0. The van der Waals surface area contributed by atoms with Crippen LogP contribution in [-0.4, -0.2) is 31.8 Å². The molecule has 20 heavy (non-hydrogen) atoms. The van der Waals surface area contributed by atoms with Crippen LogP contribution in [0, 0.1) is 0 Å². The molecule has 4 heteroatoms. The summed E-state index contributed by atoms with van der Waals surface area (Å²) in [5, 5.41) is 0. The van der Waals surface area contributed by atoms with Crippen LogP contribution >= 0.6 is 0 Å². The van der Waals surface area contributed by atoms with Crippen molar-refractivity contribution < 1.29 is 9.47 Å². The molecule has 1 aromatic heterocycles. The minimum Gasteiger partial charge on any atom is -0.497 e. The Labute approximate surface area is 119 Å². The van der Waals surface area contributed by atoms with Gasteiger partial charge in [-0.25, -0.2) is 0 Å². The molecule has 0 saturated carbocycles. The molecule has 0 unspecified atom stereocenters. The summed E-state index contributed by atoms with van der Waals surface area (Å²) in [6.07, 6.45) is 4.68. The Hall–Kier alpha value is -2.23. The highest BCUT2D eigenvalue weighted by Gasteiger charge is 2.18. The number of benzene rings is 1. The van der Waals surface area contributed by atoms with Gasteiger partial charge in [-0.2, -0.15) is 0 Å². The number of methoxy groups -OCH3 is 1. The summed E-state index contributed by atoms with van der Waals surface area (Å²) in [5.74, 6) is 1.80. The van der Waals surface area contributed by atoms with Gasteiger partial charge in [0.25, 0.3) is 0 Å². The second-order valence-electron chi connectivity index (χ2n) is 4.77. The lowest BCUT2D eigenvalue weighted by Crippen LogP contribution is -2.34. The summed E-state index contributed by atoms with van der Waals surface area (Å²) in [5.41, 5.74) is 2.42. The summed E-state index contributed by atoms with van der Waals surface area (Å²) in [6, 6.07) is 10.1. The predicted molar refractivity (Wildman–Crippen MR) is 78.6 cm³/mol. The summed E-state index contributed by atoms with van der Waals surface area (Å²) in [6.45, 7) is 2.61. The average molecular weight is 270 g/mol. The van der Waals surface area contributed by atoms with Crippen LogP contribution in [0.2, 0.25) is 0 Å². The zero-order valence-corrected chi connectivity index (χ0v) is 11.6. The number of aromatic nitrogens is 1. The highest BCUT2D eigenvalue weighted by molar-refractivity contribution is 5.62. The first-order valence-corrected chi connectivity index (χ1v) is 6.81. The van der Waals surface area contributed by atoms with Gasteiger partial charge in [0, 0.05) is 25.0 Å². The van der Waals surface area contributed by atoms with E-state index in [0.717, 1.165) is 43.3 Å². The van der Waals surface area contributed by atoms with Gasteiger partial charge < -0.3 is 14.4 Å². The highest BCUT2D eigenvalue weighted by Crippen LogP contribution is 2.34. The summed E-state index contributed by atoms with van der Waals surface area (Å²) in [7, 11) is 1.69. The Kier molecular flexibility index (Phi) is 3.72. The van der Waals surface area contributed by atoms with Crippen molar-refractivity contribution in [1.29, 1.82) is 0 Å². The largest absolute Gasteiger partial charge is 0.497 e. The molecule has 0 aliphatic carbocycles. The van der Waals surface area contributed by atoms with E-state index in [4.69, 9.17) is 9.47 Å². The third-order valence-electron chi connectivity index (χ3n) is 3.55. The topological polar surface area (TPSA) is 34.6 Å². The first-order chi connectivity index (χ1) is 9.86. The lowest BCUT2D eigenvalue weighted by molar-refractivity contribution is 0.306. The van der Waals surface area contributed by atoms with E-state index < -0.39 is 0 Å². The van der Waals surface area contributed by atoms with Crippen molar-refractivity contribution in [3.8, 4) is 11.5 Å². The minimum absolute atomic E-state index is 0.732. The zero-order valence-electron chi connectivity index (χ0n) is 11.6. The molecule has 1 aliphatic rings. The maximum atomic E-state index is 5.70. The summed E-state index contributed by atoms with van der Waals surface area (Å²) < 4.78 is 11.0. The molecule has 0 saturated heterocycles. The molecule has 0 amide bonds. The molecule has 0 bridgehead atoms. The molecule has 0 fully saturated rings. The smallest absolute Gasteiger partial charge is 0.142 e. The average Bonchev–Trinajstić information content (AvgIpc) is 2.53. The van der Waals surface area contributed by atoms with Crippen LogP contribution in [0.4, 0.5) is 5.69 Å². The Bertz CT molecular complexity index is 572. The number of rotatable bonds is 4. The van der Waals surface area contributed by atoms with Gasteiger partial charge in [0.2, 0.25) is 0 Å². The zero-order chi connectivity index (χ0) is 13.8. The van der Waals surface area contributed by atoms with Crippen molar-refractivity contribution >= 4 is 5.69 Å². The molecule has 1 aliphatic heterocycles. The van der Waals surface area contributed by atoms with Crippen molar-refractivity contribution in [1.82, 2.24) is 4.98 Å². The number of anilines is 1. The van der Waals surface area contributed by atoms with Crippen LogP contribution in [0.25, 0.3) is 0 Å². The van der Waals surface area contributed by atoms with Crippen LogP contribution in [0.3, 0.4) is 0 Å². The van der Waals surface area contributed by atoms with E-state index in [2.05, 4.69) is 22.0 Å². The van der Waals surface area contributed by atoms with Gasteiger partial charge in [-0.3, -0.25) is 4.98 Å². The molecule has 2 aromatic rings. The standard InChI is InChI=1S/C16H18N2O2/c1-19-14-2-3-16-15(12-14)18(10-11-20-16)9-6-13-4-7-17-8-5-13/h2-5,7-8,12H,6,9-11H2,1H3. The van der Waals surface area contributed by atoms with E-state index in [-0.39, 0.29) is 0 Å². The molecule has 4 nitrogen and oxygen atoms in total. The fourth-order valence-corrected chi connectivity index (χ4v) is 2.43. The Morgan fingerprint density at radius 3 is 2.90 bits per heavy atom. The fourth-order valence-electron chi connectivity index (χ4n) is 2.43. The van der Waals surface area contributed by atoms with Crippen molar-refractivity contribution in [2.75, 3.05) is 31.7 Å². The van der Waals surface area contributed by atoms with E-state index in [1.54, 1.807) is 7.11 Å². The van der Waals surface area contributed by atoms with Gasteiger partial charge >= 0.3 is 0 Å². The summed E-state index contributed by atoms with van der Waals surface area (Å²) in [4.78, 5) is 6.40. The number of fused-ring (bicyclic) bond motifs is 1. The monoisotopic (exact) mass is 270 g/mol. The molecule has 2 heterocycles.